The van der Waals surface area contributed by atoms with E-state index in [9.17, 15) is 9.59 Å². The SMILES string of the molecule is CCCCCCCN1C(=O)CC(C(=O)NCCc2ccccc2)SC1=Nc1ccc(OC)cc1. The summed E-state index contributed by atoms with van der Waals surface area (Å²) in [6.45, 7) is 3.36. The first-order chi connectivity index (χ1) is 16.6. The Hall–Kier alpha value is -2.80. The molecule has 182 valence electrons. The predicted molar refractivity (Wildman–Crippen MR) is 140 cm³/mol. The summed E-state index contributed by atoms with van der Waals surface area (Å²) in [6, 6.07) is 17.5. The Morgan fingerprint density at radius 3 is 2.53 bits per heavy atom. The van der Waals surface area contributed by atoms with Crippen LogP contribution in [0.25, 0.3) is 0 Å². The lowest BCUT2D eigenvalue weighted by Gasteiger charge is -2.32. The fraction of sp³-hybridized carbons (Fsp3) is 0.444. The predicted octanol–water partition coefficient (Wildman–Crippen LogP) is 5.35. The number of benzene rings is 2. The van der Waals surface area contributed by atoms with Crippen LogP contribution in [0.3, 0.4) is 0 Å². The normalized spacial score (nSPS) is 17.1. The first-order valence-corrected chi connectivity index (χ1v) is 13.0. The third-order valence-corrected chi connectivity index (χ3v) is 6.96. The number of ether oxygens (including phenoxy) is 1. The molecular formula is C27H35N3O3S. The number of thioether (sulfide) groups is 1. The summed E-state index contributed by atoms with van der Waals surface area (Å²) in [5, 5.41) is 3.12. The number of hydrogen-bond donors (Lipinski definition) is 1. The highest BCUT2D eigenvalue weighted by Gasteiger charge is 2.35. The second kappa shape index (κ2) is 13.8. The van der Waals surface area contributed by atoms with E-state index >= 15 is 0 Å². The van der Waals surface area contributed by atoms with Gasteiger partial charge in [0, 0.05) is 19.5 Å². The van der Waals surface area contributed by atoms with Crippen LogP contribution in [0.5, 0.6) is 5.75 Å². The van der Waals surface area contributed by atoms with Gasteiger partial charge in [0.25, 0.3) is 0 Å². The fourth-order valence-corrected chi connectivity index (χ4v) is 4.94. The molecule has 1 fully saturated rings. The maximum absolute atomic E-state index is 13.1. The summed E-state index contributed by atoms with van der Waals surface area (Å²) in [5.41, 5.74) is 1.91. The van der Waals surface area contributed by atoms with Gasteiger partial charge in [-0.3, -0.25) is 14.5 Å². The largest absolute Gasteiger partial charge is 0.497 e. The highest BCUT2D eigenvalue weighted by Crippen LogP contribution is 2.30. The van der Waals surface area contributed by atoms with Gasteiger partial charge >= 0.3 is 0 Å². The summed E-state index contributed by atoms with van der Waals surface area (Å²) < 4.78 is 5.23. The van der Waals surface area contributed by atoms with Crippen molar-refractivity contribution in [2.75, 3.05) is 20.2 Å². The molecule has 1 unspecified atom stereocenters. The molecule has 0 bridgehead atoms. The molecule has 0 aliphatic carbocycles. The number of aliphatic imine (C=N–C) groups is 1. The molecule has 2 amide bonds. The third kappa shape index (κ3) is 7.90. The maximum Gasteiger partial charge on any atom is 0.234 e. The lowest BCUT2D eigenvalue weighted by atomic mass is 10.1. The van der Waals surface area contributed by atoms with E-state index in [1.165, 1.54) is 36.6 Å². The molecule has 3 rings (SSSR count). The number of amidine groups is 1. The number of carbonyl (C=O) groups excluding carboxylic acids is 2. The Morgan fingerprint density at radius 1 is 1.09 bits per heavy atom. The molecule has 2 aromatic rings. The van der Waals surface area contributed by atoms with Crippen molar-refractivity contribution in [3.05, 3.63) is 60.2 Å². The molecule has 1 heterocycles. The molecule has 1 saturated heterocycles. The summed E-state index contributed by atoms with van der Waals surface area (Å²) in [4.78, 5) is 32.4. The Balaban J connectivity index is 1.66. The third-order valence-electron chi connectivity index (χ3n) is 5.77. The molecule has 0 radical (unpaired) electrons. The van der Waals surface area contributed by atoms with Gasteiger partial charge in [-0.15, -0.1) is 0 Å². The van der Waals surface area contributed by atoms with Gasteiger partial charge < -0.3 is 10.1 Å². The van der Waals surface area contributed by atoms with Gasteiger partial charge in [0.1, 0.15) is 5.75 Å². The van der Waals surface area contributed by atoms with Crippen molar-refractivity contribution < 1.29 is 14.3 Å². The lowest BCUT2D eigenvalue weighted by molar-refractivity contribution is -0.130. The van der Waals surface area contributed by atoms with Crippen molar-refractivity contribution >= 4 is 34.4 Å². The van der Waals surface area contributed by atoms with E-state index in [1.807, 2.05) is 54.6 Å². The van der Waals surface area contributed by atoms with Crippen molar-refractivity contribution in [3.63, 3.8) is 0 Å². The van der Waals surface area contributed by atoms with Crippen LogP contribution in [-0.2, 0) is 16.0 Å². The molecule has 2 aromatic carbocycles. The molecule has 6 nitrogen and oxygen atoms in total. The average Bonchev–Trinajstić information content (AvgIpc) is 2.86. The smallest absolute Gasteiger partial charge is 0.234 e. The zero-order chi connectivity index (χ0) is 24.2. The number of nitrogens with zero attached hydrogens (tertiary/aromatic N) is 2. The molecular weight excluding hydrogens is 446 g/mol. The fourth-order valence-electron chi connectivity index (χ4n) is 3.79. The number of methoxy groups -OCH3 is 1. The Labute approximate surface area is 207 Å². The van der Waals surface area contributed by atoms with E-state index in [2.05, 4.69) is 12.2 Å². The minimum Gasteiger partial charge on any atom is -0.497 e. The first kappa shape index (κ1) is 25.8. The van der Waals surface area contributed by atoms with Gasteiger partial charge in [0.15, 0.2) is 5.17 Å². The molecule has 0 saturated carbocycles. The molecule has 7 heteroatoms. The molecule has 1 aliphatic heterocycles. The van der Waals surface area contributed by atoms with Crippen LogP contribution in [0.4, 0.5) is 5.69 Å². The van der Waals surface area contributed by atoms with Gasteiger partial charge in [-0.05, 0) is 42.7 Å². The highest BCUT2D eigenvalue weighted by molar-refractivity contribution is 8.15. The second-order valence-corrected chi connectivity index (χ2v) is 9.56. The van der Waals surface area contributed by atoms with E-state index in [-0.39, 0.29) is 18.2 Å². The topological polar surface area (TPSA) is 71.0 Å². The lowest BCUT2D eigenvalue weighted by Crippen LogP contribution is -2.47. The van der Waals surface area contributed by atoms with Crippen LogP contribution in [0, 0.1) is 0 Å². The van der Waals surface area contributed by atoms with Gasteiger partial charge in [-0.25, -0.2) is 4.99 Å². The van der Waals surface area contributed by atoms with E-state index in [0.717, 1.165) is 30.7 Å². The van der Waals surface area contributed by atoms with Crippen molar-refractivity contribution in [2.24, 2.45) is 4.99 Å². The van der Waals surface area contributed by atoms with Gasteiger partial charge in [0.2, 0.25) is 11.8 Å². The number of nitrogens with one attached hydrogen (secondary N) is 1. The zero-order valence-electron chi connectivity index (χ0n) is 20.2. The van der Waals surface area contributed by atoms with Crippen LogP contribution in [0.2, 0.25) is 0 Å². The molecule has 0 aromatic heterocycles. The highest BCUT2D eigenvalue weighted by atomic mass is 32.2. The average molecular weight is 482 g/mol. The summed E-state index contributed by atoms with van der Waals surface area (Å²) in [6.07, 6.45) is 6.53. The van der Waals surface area contributed by atoms with Crippen LogP contribution in [0.1, 0.15) is 51.0 Å². The molecule has 1 atom stereocenters. The van der Waals surface area contributed by atoms with Crippen molar-refractivity contribution in [2.45, 2.75) is 57.1 Å². The molecule has 1 aliphatic rings. The molecule has 0 spiro atoms. The Kier molecular flexibility index (Phi) is 10.5. The van der Waals surface area contributed by atoms with Gasteiger partial charge in [0.05, 0.1) is 18.0 Å². The van der Waals surface area contributed by atoms with Crippen molar-refractivity contribution in [1.29, 1.82) is 0 Å². The van der Waals surface area contributed by atoms with Crippen LogP contribution in [-0.4, -0.2) is 47.3 Å². The summed E-state index contributed by atoms with van der Waals surface area (Å²) in [7, 11) is 1.62. The number of amides is 2. The summed E-state index contributed by atoms with van der Waals surface area (Å²) >= 11 is 1.38. The summed E-state index contributed by atoms with van der Waals surface area (Å²) in [5.74, 6) is 0.601. The first-order valence-electron chi connectivity index (χ1n) is 12.1. The minimum absolute atomic E-state index is 0.0373. The monoisotopic (exact) mass is 481 g/mol. The van der Waals surface area contributed by atoms with Gasteiger partial charge in [-0.1, -0.05) is 74.7 Å². The molecule has 34 heavy (non-hydrogen) atoms. The van der Waals surface area contributed by atoms with Crippen molar-refractivity contribution in [3.8, 4) is 5.75 Å². The minimum atomic E-state index is -0.475. The Bertz CT molecular complexity index is 947. The second-order valence-electron chi connectivity index (χ2n) is 8.39. The van der Waals surface area contributed by atoms with Gasteiger partial charge in [-0.2, -0.15) is 0 Å². The maximum atomic E-state index is 13.1. The quantitative estimate of drug-likeness (QED) is 0.415. The van der Waals surface area contributed by atoms with E-state index in [1.54, 1.807) is 12.0 Å². The van der Waals surface area contributed by atoms with Crippen LogP contribution in [0.15, 0.2) is 59.6 Å². The number of hydrogen-bond acceptors (Lipinski definition) is 5. The number of rotatable bonds is 12. The standard InChI is InChI=1S/C27H35N3O3S/c1-3-4-5-6-10-19-30-25(31)20-24(26(32)28-18-17-21-11-8-7-9-12-21)34-27(30)29-22-13-15-23(33-2)16-14-22/h7-9,11-16,24H,3-6,10,17-20H2,1-2H3,(H,28,32). The van der Waals surface area contributed by atoms with E-state index in [4.69, 9.17) is 9.73 Å². The van der Waals surface area contributed by atoms with Crippen LogP contribution >= 0.6 is 11.8 Å². The Morgan fingerprint density at radius 2 is 1.82 bits per heavy atom. The number of carbonyl (C=O) groups is 2. The van der Waals surface area contributed by atoms with Crippen molar-refractivity contribution in [1.82, 2.24) is 10.2 Å². The van der Waals surface area contributed by atoms with E-state index < -0.39 is 5.25 Å². The van der Waals surface area contributed by atoms with E-state index in [0.29, 0.717) is 18.3 Å². The number of unbranched alkanes of at least 4 members (excludes halogenated alkanes) is 4. The molecule has 1 N–H and O–H groups in total. The van der Waals surface area contributed by atoms with Crippen LogP contribution < -0.4 is 10.1 Å². The zero-order valence-corrected chi connectivity index (χ0v) is 21.0.